The van der Waals surface area contributed by atoms with Crippen LogP contribution in [0.3, 0.4) is 0 Å². The van der Waals surface area contributed by atoms with Crippen molar-refractivity contribution in [1.82, 2.24) is 20.4 Å². The van der Waals surface area contributed by atoms with Crippen LogP contribution in [-0.4, -0.2) is 67.5 Å². The molecule has 0 bridgehead atoms. The van der Waals surface area contributed by atoms with E-state index in [0.717, 1.165) is 75.2 Å². The van der Waals surface area contributed by atoms with Gasteiger partial charge < -0.3 is 15.5 Å². The van der Waals surface area contributed by atoms with Crippen LogP contribution in [0.4, 0.5) is 0 Å². The van der Waals surface area contributed by atoms with Gasteiger partial charge >= 0.3 is 0 Å². The lowest BCUT2D eigenvalue weighted by molar-refractivity contribution is -0.137. The van der Waals surface area contributed by atoms with Gasteiger partial charge in [0.1, 0.15) is 0 Å². The Hall–Kier alpha value is -1.79. The third kappa shape index (κ3) is 6.89. The maximum absolute atomic E-state index is 12.6. The van der Waals surface area contributed by atoms with Gasteiger partial charge in [0.15, 0.2) is 5.96 Å². The van der Waals surface area contributed by atoms with Crippen LogP contribution in [-0.2, 0) is 11.3 Å². The lowest BCUT2D eigenvalue weighted by atomic mass is 10.1. The predicted molar refractivity (Wildman–Crippen MR) is 119 cm³/mol. The van der Waals surface area contributed by atoms with Gasteiger partial charge in [0, 0.05) is 56.8 Å². The lowest BCUT2D eigenvalue weighted by Gasteiger charge is -2.36. The molecule has 1 aromatic carbocycles. The van der Waals surface area contributed by atoms with E-state index >= 15 is 0 Å². The highest BCUT2D eigenvalue weighted by Crippen LogP contribution is 2.26. The fourth-order valence-electron chi connectivity index (χ4n) is 4.10. The zero-order valence-electron chi connectivity index (χ0n) is 17.5. The summed E-state index contributed by atoms with van der Waals surface area (Å²) in [4.78, 5) is 21.7. The number of benzene rings is 1. The number of piperazine rings is 1. The molecule has 29 heavy (non-hydrogen) atoms. The first-order valence-corrected chi connectivity index (χ1v) is 11.3. The summed E-state index contributed by atoms with van der Waals surface area (Å²) in [5, 5.41) is 7.45. The van der Waals surface area contributed by atoms with Gasteiger partial charge in [-0.15, -0.1) is 0 Å². The number of nitrogens with zero attached hydrogens (tertiary/aromatic N) is 3. The number of hydrogen-bond donors (Lipinski definition) is 2. The number of nitrogens with one attached hydrogen (secondary N) is 2. The molecular formula is C22H34ClN5O. The molecular weight excluding hydrogens is 386 g/mol. The first-order chi connectivity index (χ1) is 14.2. The standard InChI is InChI=1S/C22H34ClN5O/c1-2-24-22(26-17-18-6-5-9-20(23)16-18)25-10-11-27-12-14-28(15-13-27)21(29)19-7-3-4-8-19/h5-6,9,16,19H,2-4,7-8,10-15,17H2,1H3,(H2,24,25,26). The minimum Gasteiger partial charge on any atom is -0.357 e. The van der Waals surface area contributed by atoms with Crippen molar-refractivity contribution in [2.45, 2.75) is 39.2 Å². The normalized spacial score (nSPS) is 18.8. The maximum Gasteiger partial charge on any atom is 0.225 e. The predicted octanol–water partition coefficient (Wildman–Crippen LogP) is 2.73. The molecule has 0 atom stereocenters. The molecule has 0 aromatic heterocycles. The van der Waals surface area contributed by atoms with Crippen LogP contribution in [0.15, 0.2) is 29.3 Å². The number of carbonyl (C=O) groups excluding carboxylic acids is 1. The number of aliphatic imine (C=N–C) groups is 1. The number of halogens is 1. The monoisotopic (exact) mass is 419 g/mol. The smallest absolute Gasteiger partial charge is 0.225 e. The summed E-state index contributed by atoms with van der Waals surface area (Å²) in [6.07, 6.45) is 4.61. The van der Waals surface area contributed by atoms with E-state index in [0.29, 0.717) is 18.4 Å². The van der Waals surface area contributed by atoms with E-state index in [2.05, 4.69) is 32.3 Å². The molecule has 2 aliphatic rings. The molecule has 160 valence electrons. The first-order valence-electron chi connectivity index (χ1n) is 10.9. The highest BCUT2D eigenvalue weighted by molar-refractivity contribution is 6.30. The Bertz CT molecular complexity index is 682. The quantitative estimate of drug-likeness (QED) is 0.527. The Morgan fingerprint density at radius 3 is 2.62 bits per heavy atom. The van der Waals surface area contributed by atoms with Crippen LogP contribution in [0.1, 0.15) is 38.2 Å². The van der Waals surface area contributed by atoms with Crippen molar-refractivity contribution < 1.29 is 4.79 Å². The molecule has 1 aliphatic heterocycles. The SMILES string of the molecule is CCNC(=NCc1cccc(Cl)c1)NCCN1CCN(C(=O)C2CCCC2)CC1. The molecule has 1 aromatic rings. The van der Waals surface area contributed by atoms with Crippen molar-refractivity contribution in [2.75, 3.05) is 45.8 Å². The number of rotatable bonds is 7. The highest BCUT2D eigenvalue weighted by atomic mass is 35.5. The molecule has 6 nitrogen and oxygen atoms in total. The first kappa shape index (κ1) is 21.9. The van der Waals surface area contributed by atoms with Crippen LogP contribution in [0.25, 0.3) is 0 Å². The van der Waals surface area contributed by atoms with Crippen molar-refractivity contribution >= 4 is 23.5 Å². The summed E-state index contributed by atoms with van der Waals surface area (Å²) in [5.41, 5.74) is 1.10. The second-order valence-corrected chi connectivity index (χ2v) is 8.34. The average Bonchev–Trinajstić information content (AvgIpc) is 3.27. The Kier molecular flexibility index (Phi) is 8.62. The maximum atomic E-state index is 12.6. The van der Waals surface area contributed by atoms with Gasteiger partial charge in [0.05, 0.1) is 6.54 Å². The number of amides is 1. The van der Waals surface area contributed by atoms with E-state index in [1.807, 2.05) is 24.3 Å². The third-order valence-corrected chi connectivity index (χ3v) is 6.00. The van der Waals surface area contributed by atoms with Gasteiger partial charge in [-0.1, -0.05) is 36.6 Å². The van der Waals surface area contributed by atoms with E-state index in [1.54, 1.807) is 0 Å². The van der Waals surface area contributed by atoms with Crippen molar-refractivity contribution in [3.05, 3.63) is 34.9 Å². The summed E-state index contributed by atoms with van der Waals surface area (Å²) >= 11 is 6.05. The molecule has 3 rings (SSSR count). The lowest BCUT2D eigenvalue weighted by Crippen LogP contribution is -2.51. The molecule has 1 saturated carbocycles. The van der Waals surface area contributed by atoms with Gasteiger partial charge in [0.25, 0.3) is 0 Å². The highest BCUT2D eigenvalue weighted by Gasteiger charge is 2.29. The number of guanidine groups is 1. The molecule has 1 saturated heterocycles. The average molecular weight is 420 g/mol. The number of carbonyl (C=O) groups is 1. The summed E-state index contributed by atoms with van der Waals surface area (Å²) < 4.78 is 0. The van der Waals surface area contributed by atoms with Crippen LogP contribution < -0.4 is 10.6 Å². The van der Waals surface area contributed by atoms with Crippen molar-refractivity contribution in [3.8, 4) is 0 Å². The van der Waals surface area contributed by atoms with Gasteiger partial charge in [-0.2, -0.15) is 0 Å². The van der Waals surface area contributed by atoms with Crippen molar-refractivity contribution in [2.24, 2.45) is 10.9 Å². The largest absolute Gasteiger partial charge is 0.357 e. The zero-order chi connectivity index (χ0) is 20.5. The summed E-state index contributed by atoms with van der Waals surface area (Å²) in [6, 6.07) is 7.80. The molecule has 1 amide bonds. The minimum absolute atomic E-state index is 0.293. The fraction of sp³-hybridized carbons (Fsp3) is 0.636. The number of hydrogen-bond acceptors (Lipinski definition) is 3. The van der Waals surface area contributed by atoms with Crippen LogP contribution in [0, 0.1) is 5.92 Å². The van der Waals surface area contributed by atoms with Crippen LogP contribution in [0.2, 0.25) is 5.02 Å². The molecule has 1 heterocycles. The Balaban J connectivity index is 1.38. The van der Waals surface area contributed by atoms with Gasteiger partial charge in [-0.25, -0.2) is 4.99 Å². The van der Waals surface area contributed by atoms with Crippen LogP contribution in [0.5, 0.6) is 0 Å². The summed E-state index contributed by atoms with van der Waals surface area (Å²) in [5.74, 6) is 1.51. The molecule has 2 fully saturated rings. The molecule has 0 radical (unpaired) electrons. The van der Waals surface area contributed by atoms with Gasteiger partial charge in [-0.3, -0.25) is 9.69 Å². The third-order valence-electron chi connectivity index (χ3n) is 5.76. The Morgan fingerprint density at radius 1 is 1.17 bits per heavy atom. The van der Waals surface area contributed by atoms with E-state index in [1.165, 1.54) is 12.8 Å². The fourth-order valence-corrected chi connectivity index (χ4v) is 4.32. The topological polar surface area (TPSA) is 60.0 Å². The van der Waals surface area contributed by atoms with Crippen molar-refractivity contribution in [1.29, 1.82) is 0 Å². The van der Waals surface area contributed by atoms with E-state index in [9.17, 15) is 4.79 Å². The van der Waals surface area contributed by atoms with Gasteiger partial charge in [-0.05, 0) is 37.5 Å². The van der Waals surface area contributed by atoms with E-state index in [-0.39, 0.29) is 0 Å². The van der Waals surface area contributed by atoms with Gasteiger partial charge in [0.2, 0.25) is 5.91 Å². The Morgan fingerprint density at radius 2 is 1.93 bits per heavy atom. The molecule has 0 unspecified atom stereocenters. The van der Waals surface area contributed by atoms with E-state index in [4.69, 9.17) is 11.6 Å². The Labute approximate surface area is 179 Å². The van der Waals surface area contributed by atoms with Crippen molar-refractivity contribution in [3.63, 3.8) is 0 Å². The van der Waals surface area contributed by atoms with Crippen LogP contribution >= 0.6 is 11.6 Å². The second kappa shape index (κ2) is 11.4. The second-order valence-electron chi connectivity index (χ2n) is 7.90. The van der Waals surface area contributed by atoms with E-state index < -0.39 is 0 Å². The summed E-state index contributed by atoms with van der Waals surface area (Å²) in [6.45, 7) is 8.90. The molecule has 1 aliphatic carbocycles. The minimum atomic E-state index is 0.293. The molecule has 2 N–H and O–H groups in total. The summed E-state index contributed by atoms with van der Waals surface area (Å²) in [7, 11) is 0. The molecule has 0 spiro atoms. The molecule has 7 heteroatoms. The zero-order valence-corrected chi connectivity index (χ0v) is 18.3.